The van der Waals surface area contributed by atoms with Crippen LogP contribution in [0.25, 0.3) is 0 Å². The van der Waals surface area contributed by atoms with Gasteiger partial charge < -0.3 is 24.5 Å². The van der Waals surface area contributed by atoms with Crippen molar-refractivity contribution in [1.29, 1.82) is 0 Å². The molecule has 0 aromatic heterocycles. The maximum absolute atomic E-state index is 14.7. The van der Waals surface area contributed by atoms with Crippen LogP contribution in [0.2, 0.25) is 0 Å². The van der Waals surface area contributed by atoms with Gasteiger partial charge in [0.1, 0.15) is 11.6 Å². The molecule has 8 heteroatoms. The number of ether oxygens (including phenoxy) is 1. The van der Waals surface area contributed by atoms with Crippen molar-refractivity contribution in [2.75, 3.05) is 37.7 Å². The molecule has 3 fully saturated rings. The van der Waals surface area contributed by atoms with Gasteiger partial charge in [-0.05, 0) is 63.5 Å². The Morgan fingerprint density at radius 1 is 1.12 bits per heavy atom. The lowest BCUT2D eigenvalue weighted by Gasteiger charge is -2.37. The van der Waals surface area contributed by atoms with Crippen molar-refractivity contribution in [3.8, 4) is 0 Å². The molecule has 40 heavy (non-hydrogen) atoms. The third-order valence-corrected chi connectivity index (χ3v) is 8.82. The third-order valence-electron chi connectivity index (χ3n) is 8.82. The average molecular weight is 552 g/mol. The van der Waals surface area contributed by atoms with E-state index in [0.717, 1.165) is 29.7 Å². The minimum absolute atomic E-state index is 0.0838. The minimum atomic E-state index is -1.04. The van der Waals surface area contributed by atoms with Crippen molar-refractivity contribution < 1.29 is 24.2 Å². The van der Waals surface area contributed by atoms with Crippen LogP contribution in [0.4, 0.5) is 5.69 Å². The molecular formula is C32H45N3O5. The number of likely N-dealkylation sites (tertiary alicyclic amines) is 1. The van der Waals surface area contributed by atoms with Gasteiger partial charge in [0.05, 0.1) is 17.9 Å². The van der Waals surface area contributed by atoms with Crippen molar-refractivity contribution in [2.24, 2.45) is 11.8 Å². The van der Waals surface area contributed by atoms with Gasteiger partial charge in [0.15, 0.2) is 0 Å². The van der Waals surface area contributed by atoms with E-state index in [9.17, 15) is 19.5 Å². The van der Waals surface area contributed by atoms with Gasteiger partial charge in [0.2, 0.25) is 11.8 Å². The highest BCUT2D eigenvalue weighted by Crippen LogP contribution is 2.59. The lowest BCUT2D eigenvalue weighted by Crippen LogP contribution is -2.57. The summed E-state index contributed by atoms with van der Waals surface area (Å²) in [7, 11) is 0. The highest BCUT2D eigenvalue weighted by molar-refractivity contribution is 6.05. The zero-order chi connectivity index (χ0) is 29.0. The van der Waals surface area contributed by atoms with Crippen LogP contribution in [0.1, 0.15) is 56.6 Å². The highest BCUT2D eigenvalue weighted by atomic mass is 16.5. The molecule has 3 saturated heterocycles. The number of fused-ring (bicyclic) bond motifs is 1. The Kier molecular flexibility index (Phi) is 9.52. The molecular weight excluding hydrogens is 506 g/mol. The molecule has 1 spiro atoms. The number of aliphatic hydroxyl groups is 1. The maximum atomic E-state index is 14.7. The van der Waals surface area contributed by atoms with E-state index in [1.54, 1.807) is 26.9 Å². The number of hydrogen-bond donors (Lipinski definition) is 1. The maximum Gasteiger partial charge on any atom is 0.253 e. The van der Waals surface area contributed by atoms with Crippen LogP contribution in [0.3, 0.4) is 0 Å². The van der Waals surface area contributed by atoms with Crippen molar-refractivity contribution in [3.05, 3.63) is 54.6 Å². The second kappa shape index (κ2) is 12.7. The smallest absolute Gasteiger partial charge is 0.253 e. The second-order valence-electron chi connectivity index (χ2n) is 11.4. The third kappa shape index (κ3) is 5.12. The Balaban J connectivity index is 1.76. The Morgan fingerprint density at radius 3 is 2.45 bits per heavy atom. The number of nitrogens with zero attached hydrogens (tertiary/aromatic N) is 3. The quantitative estimate of drug-likeness (QED) is 0.281. The van der Waals surface area contributed by atoms with Gasteiger partial charge in [-0.1, -0.05) is 37.3 Å². The van der Waals surface area contributed by atoms with E-state index >= 15 is 0 Å². The number of benzene rings is 1. The summed E-state index contributed by atoms with van der Waals surface area (Å²) in [6.07, 6.45) is 7.06. The van der Waals surface area contributed by atoms with Crippen LogP contribution in [0.5, 0.6) is 0 Å². The molecule has 2 unspecified atom stereocenters. The van der Waals surface area contributed by atoms with E-state index in [1.165, 1.54) is 0 Å². The zero-order valence-corrected chi connectivity index (χ0v) is 24.3. The van der Waals surface area contributed by atoms with E-state index in [0.29, 0.717) is 51.9 Å². The van der Waals surface area contributed by atoms with E-state index in [-0.39, 0.29) is 30.4 Å². The Bertz CT molecular complexity index is 1120. The summed E-state index contributed by atoms with van der Waals surface area (Å²) in [5.41, 5.74) is 1.71. The number of carbonyl (C=O) groups excluding carboxylic acids is 3. The molecule has 218 valence electrons. The molecule has 3 amide bonds. The number of hydrogen-bond acceptors (Lipinski definition) is 5. The Hall–Kier alpha value is -2.97. The SMILES string of the molecule is C=CCN(CCC)C(=O)[C@@H]1[C@H]2C(=O)N(CCCCCO)C(C(=O)N(CC=C)c3c(C)cccc3C)C23CC[C@H]1O3. The largest absolute Gasteiger partial charge is 0.396 e. The number of amides is 3. The zero-order valence-electron chi connectivity index (χ0n) is 24.3. The number of para-hydroxylation sites is 1. The van der Waals surface area contributed by atoms with Gasteiger partial charge in [0, 0.05) is 38.5 Å². The first-order valence-electron chi connectivity index (χ1n) is 14.7. The lowest BCUT2D eigenvalue weighted by atomic mass is 9.70. The van der Waals surface area contributed by atoms with Crippen molar-refractivity contribution >= 4 is 23.4 Å². The fourth-order valence-corrected chi connectivity index (χ4v) is 7.25. The molecule has 0 radical (unpaired) electrons. The van der Waals surface area contributed by atoms with E-state index in [1.807, 2.05) is 39.0 Å². The topological polar surface area (TPSA) is 90.4 Å². The monoisotopic (exact) mass is 551 g/mol. The molecule has 4 rings (SSSR count). The first kappa shape index (κ1) is 30.0. The normalized spacial score (nSPS) is 26.6. The van der Waals surface area contributed by atoms with Gasteiger partial charge in [-0.2, -0.15) is 0 Å². The molecule has 8 nitrogen and oxygen atoms in total. The van der Waals surface area contributed by atoms with Gasteiger partial charge in [-0.3, -0.25) is 14.4 Å². The van der Waals surface area contributed by atoms with Crippen molar-refractivity contribution in [2.45, 2.75) is 77.0 Å². The number of aryl methyl sites for hydroxylation is 2. The molecule has 0 aliphatic carbocycles. The molecule has 1 N–H and O–H groups in total. The summed E-state index contributed by atoms with van der Waals surface area (Å²) in [5, 5.41) is 9.29. The first-order valence-corrected chi connectivity index (χ1v) is 14.7. The predicted octanol–water partition coefficient (Wildman–Crippen LogP) is 3.78. The molecule has 0 saturated carbocycles. The van der Waals surface area contributed by atoms with E-state index in [4.69, 9.17) is 4.74 Å². The lowest BCUT2D eigenvalue weighted by molar-refractivity contribution is -0.145. The predicted molar refractivity (Wildman–Crippen MR) is 156 cm³/mol. The Morgan fingerprint density at radius 2 is 1.82 bits per heavy atom. The van der Waals surface area contributed by atoms with E-state index < -0.39 is 23.5 Å². The average Bonchev–Trinajstić information content (AvgIpc) is 3.57. The number of aliphatic hydroxyl groups excluding tert-OH is 1. The standard InChI is InChI=1S/C32H45N3O5/c1-6-17-33(18-7-2)29(37)25-24-15-16-32(40-24)26(25)30(38)35(20-10-9-11-21-36)28(32)31(39)34(19-8-3)27-22(4)13-12-14-23(27)5/h6,8,12-14,24-26,28,36H,1,3,7,9-11,15-21H2,2,4-5H3/t24-,25+,26+,28?,32?/m1/s1. The second-order valence-corrected chi connectivity index (χ2v) is 11.4. The fraction of sp³-hybridized carbons (Fsp3) is 0.594. The van der Waals surface area contributed by atoms with Gasteiger partial charge in [-0.25, -0.2) is 0 Å². The molecule has 1 aromatic carbocycles. The van der Waals surface area contributed by atoms with Crippen LogP contribution in [-0.2, 0) is 19.1 Å². The molecule has 1 aromatic rings. The molecule has 3 aliphatic heterocycles. The van der Waals surface area contributed by atoms with Gasteiger partial charge in [-0.15, -0.1) is 13.2 Å². The summed E-state index contributed by atoms with van der Waals surface area (Å²) in [6.45, 7) is 15.5. The van der Waals surface area contributed by atoms with Crippen molar-refractivity contribution in [3.63, 3.8) is 0 Å². The molecule has 5 atom stereocenters. The van der Waals surface area contributed by atoms with Crippen molar-refractivity contribution in [1.82, 2.24) is 9.80 Å². The minimum Gasteiger partial charge on any atom is -0.396 e. The first-order chi connectivity index (χ1) is 19.3. The van der Waals surface area contributed by atoms with Crippen LogP contribution < -0.4 is 4.90 Å². The summed E-state index contributed by atoms with van der Waals surface area (Å²) >= 11 is 0. The van der Waals surface area contributed by atoms with E-state index in [2.05, 4.69) is 13.2 Å². The Labute approximate surface area is 238 Å². The number of anilines is 1. The number of rotatable bonds is 14. The number of unbranched alkanes of at least 4 members (excludes halogenated alkanes) is 2. The highest BCUT2D eigenvalue weighted by Gasteiger charge is 2.74. The van der Waals surface area contributed by atoms with Crippen LogP contribution in [0.15, 0.2) is 43.5 Å². The molecule has 3 aliphatic rings. The number of carbonyl (C=O) groups is 3. The van der Waals surface area contributed by atoms with Crippen LogP contribution >= 0.6 is 0 Å². The van der Waals surface area contributed by atoms with Crippen LogP contribution in [-0.4, -0.2) is 83.2 Å². The summed E-state index contributed by atoms with van der Waals surface area (Å²) in [6, 6.07) is 5.09. The summed E-state index contributed by atoms with van der Waals surface area (Å²) in [5.74, 6) is -1.76. The summed E-state index contributed by atoms with van der Waals surface area (Å²) < 4.78 is 6.66. The molecule has 2 bridgehead atoms. The van der Waals surface area contributed by atoms with Crippen LogP contribution in [0, 0.1) is 25.7 Å². The van der Waals surface area contributed by atoms with Gasteiger partial charge in [0.25, 0.3) is 5.91 Å². The molecule has 3 heterocycles. The van der Waals surface area contributed by atoms with Gasteiger partial charge >= 0.3 is 0 Å². The fourth-order valence-electron chi connectivity index (χ4n) is 7.25. The summed E-state index contributed by atoms with van der Waals surface area (Å²) in [4.78, 5) is 48.1.